The van der Waals surface area contributed by atoms with E-state index in [1.807, 2.05) is 32.0 Å². The van der Waals surface area contributed by atoms with E-state index in [1.165, 1.54) is 0 Å². The Labute approximate surface area is 205 Å². The fourth-order valence-corrected chi connectivity index (χ4v) is 6.03. The maximum absolute atomic E-state index is 13.4. The van der Waals surface area contributed by atoms with E-state index >= 15 is 0 Å². The number of carbonyl (C=O) groups excluding carboxylic acids is 3. The molecule has 35 heavy (non-hydrogen) atoms. The molecule has 9 heteroatoms. The van der Waals surface area contributed by atoms with Gasteiger partial charge in [0.05, 0.1) is 5.92 Å². The first-order chi connectivity index (χ1) is 16.9. The highest BCUT2D eigenvalue weighted by atomic mass is 16.2. The summed E-state index contributed by atoms with van der Waals surface area (Å²) in [7, 11) is 0. The number of rotatable bonds is 6. The molecule has 5 rings (SSSR count). The predicted molar refractivity (Wildman–Crippen MR) is 133 cm³/mol. The maximum Gasteiger partial charge on any atom is 0.321 e. The quantitative estimate of drug-likeness (QED) is 0.586. The minimum Gasteiger partial charge on any atom is -0.347 e. The van der Waals surface area contributed by atoms with Gasteiger partial charge in [-0.1, -0.05) is 6.07 Å². The average molecular weight is 479 g/mol. The standard InChI is InChI=1S/C26H34N6O3/c1-16(2)32-21(10-11-27-32)24(33)30-23-18-9-8-17(14-18)22(23)25(34)28-19-6-5-7-20(15-19)29-26(35)31-12-3-4-13-31/h5-7,10-11,15-18,22-23H,3-4,8-9,12-14H2,1-2H3,(H,28,34)(H,29,35)(H,30,33)/t17-,18+,22-,23-/m0/s1. The molecule has 3 fully saturated rings. The highest BCUT2D eigenvalue weighted by Gasteiger charge is 2.51. The Balaban J connectivity index is 1.26. The summed E-state index contributed by atoms with van der Waals surface area (Å²) in [6.07, 6.45) is 6.69. The highest BCUT2D eigenvalue weighted by molar-refractivity contribution is 5.97. The van der Waals surface area contributed by atoms with E-state index in [-0.39, 0.29) is 41.8 Å². The van der Waals surface area contributed by atoms with Gasteiger partial charge in [0.2, 0.25) is 5.91 Å². The molecule has 0 spiro atoms. The summed E-state index contributed by atoms with van der Waals surface area (Å²) in [6.45, 7) is 5.52. The summed E-state index contributed by atoms with van der Waals surface area (Å²) in [5.74, 6) is 0.0246. The summed E-state index contributed by atoms with van der Waals surface area (Å²) in [5, 5.41) is 13.4. The number of hydrogen-bond donors (Lipinski definition) is 3. The fourth-order valence-electron chi connectivity index (χ4n) is 6.03. The lowest BCUT2D eigenvalue weighted by molar-refractivity contribution is -0.122. The Kier molecular flexibility index (Phi) is 6.49. The van der Waals surface area contributed by atoms with Crippen LogP contribution in [0.4, 0.5) is 16.2 Å². The lowest BCUT2D eigenvalue weighted by Crippen LogP contribution is -2.48. The molecule has 3 N–H and O–H groups in total. The Morgan fingerprint density at radius 3 is 2.46 bits per heavy atom. The van der Waals surface area contributed by atoms with Crippen LogP contribution in [0.15, 0.2) is 36.5 Å². The van der Waals surface area contributed by atoms with Gasteiger partial charge >= 0.3 is 6.03 Å². The van der Waals surface area contributed by atoms with Crippen LogP contribution in [0.3, 0.4) is 0 Å². The molecular weight excluding hydrogens is 444 g/mol. The number of hydrogen-bond acceptors (Lipinski definition) is 4. The number of fused-ring (bicyclic) bond motifs is 2. The Morgan fingerprint density at radius 1 is 1.00 bits per heavy atom. The monoisotopic (exact) mass is 478 g/mol. The molecule has 1 saturated heterocycles. The van der Waals surface area contributed by atoms with Crippen molar-refractivity contribution in [2.75, 3.05) is 23.7 Å². The number of anilines is 2. The van der Waals surface area contributed by atoms with Crippen LogP contribution >= 0.6 is 0 Å². The molecular formula is C26H34N6O3. The van der Waals surface area contributed by atoms with Crippen LogP contribution in [-0.2, 0) is 4.79 Å². The molecule has 2 bridgehead atoms. The van der Waals surface area contributed by atoms with Crippen molar-refractivity contribution in [2.45, 2.75) is 58.0 Å². The van der Waals surface area contributed by atoms with Crippen LogP contribution in [0.25, 0.3) is 0 Å². The van der Waals surface area contributed by atoms with Gasteiger partial charge in [-0.05, 0) is 82.1 Å². The van der Waals surface area contributed by atoms with E-state index in [1.54, 1.807) is 27.9 Å². The topological polar surface area (TPSA) is 108 Å². The molecule has 4 amide bonds. The molecule has 0 unspecified atom stereocenters. The Morgan fingerprint density at radius 2 is 1.71 bits per heavy atom. The van der Waals surface area contributed by atoms with E-state index in [0.717, 1.165) is 45.2 Å². The third-order valence-corrected chi connectivity index (χ3v) is 7.68. The van der Waals surface area contributed by atoms with E-state index < -0.39 is 0 Å². The first kappa shape index (κ1) is 23.4. The van der Waals surface area contributed by atoms with Gasteiger partial charge in [0.25, 0.3) is 5.91 Å². The number of aromatic nitrogens is 2. The van der Waals surface area contributed by atoms with Crippen molar-refractivity contribution in [3.63, 3.8) is 0 Å². The van der Waals surface area contributed by atoms with Crippen LogP contribution in [-0.4, -0.2) is 51.7 Å². The summed E-state index contributed by atoms with van der Waals surface area (Å²) in [5.41, 5.74) is 1.81. The molecule has 3 aliphatic rings. The zero-order valence-corrected chi connectivity index (χ0v) is 20.4. The molecule has 2 aliphatic carbocycles. The number of nitrogens with one attached hydrogen (secondary N) is 3. The molecule has 2 saturated carbocycles. The van der Waals surface area contributed by atoms with E-state index in [0.29, 0.717) is 23.0 Å². The van der Waals surface area contributed by atoms with Gasteiger partial charge in [0, 0.05) is 42.7 Å². The summed E-state index contributed by atoms with van der Waals surface area (Å²) < 4.78 is 1.71. The molecule has 9 nitrogen and oxygen atoms in total. The maximum atomic E-state index is 13.4. The fraction of sp³-hybridized carbons (Fsp3) is 0.538. The van der Waals surface area contributed by atoms with Gasteiger partial charge in [-0.15, -0.1) is 0 Å². The molecule has 2 aromatic rings. The lowest BCUT2D eigenvalue weighted by Gasteiger charge is -2.31. The molecule has 2 heterocycles. The van der Waals surface area contributed by atoms with E-state index in [2.05, 4.69) is 21.0 Å². The number of likely N-dealkylation sites (tertiary alicyclic amines) is 1. The van der Waals surface area contributed by atoms with Crippen molar-refractivity contribution in [2.24, 2.45) is 17.8 Å². The third kappa shape index (κ3) is 4.76. The predicted octanol–water partition coefficient (Wildman–Crippen LogP) is 3.87. The average Bonchev–Trinajstić information content (AvgIpc) is 3.63. The zero-order valence-electron chi connectivity index (χ0n) is 20.4. The number of nitrogens with zero attached hydrogens (tertiary/aromatic N) is 3. The Hall–Kier alpha value is -3.36. The minimum absolute atomic E-state index is 0.0723. The van der Waals surface area contributed by atoms with Crippen molar-refractivity contribution in [3.8, 4) is 0 Å². The van der Waals surface area contributed by atoms with Gasteiger partial charge < -0.3 is 20.9 Å². The highest BCUT2D eigenvalue weighted by Crippen LogP contribution is 2.49. The second kappa shape index (κ2) is 9.71. The van der Waals surface area contributed by atoms with Gasteiger partial charge in [-0.3, -0.25) is 14.3 Å². The van der Waals surface area contributed by atoms with Crippen LogP contribution in [0, 0.1) is 17.8 Å². The second-order valence-corrected chi connectivity index (χ2v) is 10.3. The smallest absolute Gasteiger partial charge is 0.321 e. The van der Waals surface area contributed by atoms with Crippen LogP contribution in [0.2, 0.25) is 0 Å². The van der Waals surface area contributed by atoms with Crippen LogP contribution < -0.4 is 16.0 Å². The molecule has 4 atom stereocenters. The third-order valence-electron chi connectivity index (χ3n) is 7.68. The summed E-state index contributed by atoms with van der Waals surface area (Å²) in [4.78, 5) is 40.8. The number of carbonyl (C=O) groups is 3. The first-order valence-corrected chi connectivity index (χ1v) is 12.7. The van der Waals surface area contributed by atoms with Crippen LogP contribution in [0.1, 0.15) is 62.5 Å². The van der Waals surface area contributed by atoms with Crippen molar-refractivity contribution in [1.82, 2.24) is 20.0 Å². The Bertz CT molecular complexity index is 1110. The van der Waals surface area contributed by atoms with Gasteiger partial charge in [0.15, 0.2) is 0 Å². The van der Waals surface area contributed by atoms with E-state index in [4.69, 9.17) is 0 Å². The van der Waals surface area contributed by atoms with Crippen molar-refractivity contribution < 1.29 is 14.4 Å². The molecule has 186 valence electrons. The molecule has 1 aromatic heterocycles. The van der Waals surface area contributed by atoms with Gasteiger partial charge in [-0.25, -0.2) is 4.79 Å². The first-order valence-electron chi connectivity index (χ1n) is 12.7. The number of benzene rings is 1. The van der Waals surface area contributed by atoms with Gasteiger partial charge in [0.1, 0.15) is 5.69 Å². The summed E-state index contributed by atoms with van der Waals surface area (Å²) >= 11 is 0. The minimum atomic E-state index is -0.282. The van der Waals surface area contributed by atoms with Crippen molar-refractivity contribution >= 4 is 29.2 Å². The summed E-state index contributed by atoms with van der Waals surface area (Å²) in [6, 6.07) is 8.74. The number of amides is 4. The SMILES string of the molecule is CC(C)n1nccc1C(=O)N[C@H]1[C@@H]2CC[C@@H](C2)[C@@H]1C(=O)Nc1cccc(NC(=O)N2CCCC2)c1. The van der Waals surface area contributed by atoms with Crippen molar-refractivity contribution in [3.05, 3.63) is 42.2 Å². The van der Waals surface area contributed by atoms with Crippen LogP contribution in [0.5, 0.6) is 0 Å². The second-order valence-electron chi connectivity index (χ2n) is 10.3. The molecule has 1 aliphatic heterocycles. The van der Waals surface area contributed by atoms with Gasteiger partial charge in [-0.2, -0.15) is 5.10 Å². The van der Waals surface area contributed by atoms with E-state index in [9.17, 15) is 14.4 Å². The zero-order chi connectivity index (χ0) is 24.5. The largest absolute Gasteiger partial charge is 0.347 e. The molecule has 1 aromatic carbocycles. The number of urea groups is 1. The molecule has 0 radical (unpaired) electrons. The lowest BCUT2D eigenvalue weighted by atomic mass is 9.83. The van der Waals surface area contributed by atoms with Crippen molar-refractivity contribution in [1.29, 1.82) is 0 Å². The normalized spacial score (nSPS) is 25.2.